The Morgan fingerprint density at radius 2 is 1.73 bits per heavy atom. The number of aryl methyl sites for hydroxylation is 1. The molecule has 4 bridgehead atoms. The number of fused-ring (bicyclic) bond motifs is 9. The molecular weight excluding hydrogens is 626 g/mol. The van der Waals surface area contributed by atoms with E-state index in [4.69, 9.17) is 23.7 Å². The fourth-order valence-corrected chi connectivity index (χ4v) is 6.34. The molecule has 1 fully saturated rings. The monoisotopic (exact) mass is 669 g/mol. The molecule has 4 aromatic rings. The van der Waals surface area contributed by atoms with Crippen LogP contribution in [-0.4, -0.2) is 79.7 Å². The fourth-order valence-electron chi connectivity index (χ4n) is 6.34. The SMILES string of the molecule is COc1cc2ccc1CNC(=O)CCc1ccc(OC)c(c1)OCC(=O)N[C@@H]1CN(Cc3ccc(OC)c(Cn4cccn4)c3)CC[C@@H]1O2. The van der Waals surface area contributed by atoms with Crippen LogP contribution in [0.5, 0.6) is 28.7 Å². The lowest BCUT2D eigenvalue weighted by molar-refractivity contribution is -0.125. The number of rotatable bonds is 7. The van der Waals surface area contributed by atoms with E-state index in [9.17, 15) is 9.59 Å². The molecule has 3 aliphatic rings. The molecule has 7 rings (SSSR count). The highest BCUT2D eigenvalue weighted by Crippen LogP contribution is 2.30. The zero-order valence-corrected chi connectivity index (χ0v) is 28.1. The molecule has 12 heteroatoms. The van der Waals surface area contributed by atoms with Crippen molar-refractivity contribution in [2.24, 2.45) is 0 Å². The van der Waals surface area contributed by atoms with Crippen LogP contribution in [0.25, 0.3) is 0 Å². The molecule has 0 unspecified atom stereocenters. The maximum absolute atomic E-state index is 13.4. The number of benzene rings is 3. The van der Waals surface area contributed by atoms with Crippen molar-refractivity contribution in [1.82, 2.24) is 25.3 Å². The van der Waals surface area contributed by atoms with Crippen molar-refractivity contribution < 1.29 is 33.3 Å². The van der Waals surface area contributed by atoms with E-state index in [1.54, 1.807) is 33.6 Å². The molecule has 4 heterocycles. The molecule has 1 saturated heterocycles. The standard InChI is InChI=1S/C37H43N5O7/c1-45-31-10-6-26(17-28(31)22-42-15-4-14-39-42)21-41-16-13-32-30(23-41)40-37(44)24-48-35-18-25(5-11-33(35)46-2)7-12-36(43)38-20-27-8-9-29(49-32)19-34(27)47-3/h4-6,8-11,14-15,17-19,30,32H,7,12-13,16,20-24H2,1-3H3,(H,38,43)(H,40,44)/t30-,32+/m1/s1. The number of amides is 2. The smallest absolute Gasteiger partial charge is 0.258 e. The molecule has 0 radical (unpaired) electrons. The summed E-state index contributed by atoms with van der Waals surface area (Å²) in [6.45, 7) is 2.73. The number of piperidine rings is 1. The molecule has 2 atom stereocenters. The fraction of sp³-hybridized carbons (Fsp3) is 0.378. The van der Waals surface area contributed by atoms with Gasteiger partial charge in [0.15, 0.2) is 18.1 Å². The van der Waals surface area contributed by atoms with Crippen LogP contribution in [0, 0.1) is 0 Å². The van der Waals surface area contributed by atoms with Gasteiger partial charge in [-0.05, 0) is 66.4 Å². The van der Waals surface area contributed by atoms with E-state index >= 15 is 0 Å². The minimum Gasteiger partial charge on any atom is -0.496 e. The van der Waals surface area contributed by atoms with Crippen LogP contribution in [0.15, 0.2) is 73.1 Å². The lowest BCUT2D eigenvalue weighted by Crippen LogP contribution is -2.57. The van der Waals surface area contributed by atoms with Gasteiger partial charge in [0.25, 0.3) is 5.91 Å². The number of ether oxygens (including phenoxy) is 5. The van der Waals surface area contributed by atoms with Gasteiger partial charge in [0.2, 0.25) is 5.91 Å². The molecule has 2 N–H and O–H groups in total. The number of hydrogen-bond donors (Lipinski definition) is 2. The first-order valence-electron chi connectivity index (χ1n) is 16.5. The molecule has 0 aliphatic carbocycles. The van der Waals surface area contributed by atoms with E-state index in [0.717, 1.165) is 34.5 Å². The minimum absolute atomic E-state index is 0.0867. The Morgan fingerprint density at radius 3 is 2.53 bits per heavy atom. The van der Waals surface area contributed by atoms with Crippen LogP contribution in [0.3, 0.4) is 0 Å². The van der Waals surface area contributed by atoms with Gasteiger partial charge in [-0.3, -0.25) is 19.2 Å². The molecule has 258 valence electrons. The van der Waals surface area contributed by atoms with Crippen molar-refractivity contribution in [3.05, 3.63) is 95.3 Å². The van der Waals surface area contributed by atoms with Crippen molar-refractivity contribution in [3.63, 3.8) is 0 Å². The molecule has 3 aliphatic heterocycles. The summed E-state index contributed by atoms with van der Waals surface area (Å²) < 4.78 is 31.2. The Kier molecular flexibility index (Phi) is 10.8. The first kappa shape index (κ1) is 33.7. The Morgan fingerprint density at radius 1 is 0.898 bits per heavy atom. The molecule has 0 spiro atoms. The summed E-state index contributed by atoms with van der Waals surface area (Å²) in [6.07, 6.45) is 4.86. The van der Waals surface area contributed by atoms with Gasteiger partial charge in [-0.15, -0.1) is 0 Å². The van der Waals surface area contributed by atoms with E-state index in [2.05, 4.69) is 32.8 Å². The second kappa shape index (κ2) is 15.8. The summed E-state index contributed by atoms with van der Waals surface area (Å²) in [5, 5.41) is 10.5. The Bertz CT molecular complexity index is 1750. The van der Waals surface area contributed by atoms with Gasteiger partial charge in [-0.1, -0.05) is 12.1 Å². The minimum atomic E-state index is -0.327. The van der Waals surface area contributed by atoms with Crippen LogP contribution in [0.1, 0.15) is 35.1 Å². The second-order valence-corrected chi connectivity index (χ2v) is 12.2. The number of nitrogens with zero attached hydrogens (tertiary/aromatic N) is 3. The number of aromatic nitrogens is 2. The van der Waals surface area contributed by atoms with Gasteiger partial charge in [-0.2, -0.15) is 5.10 Å². The van der Waals surface area contributed by atoms with Gasteiger partial charge in [0.05, 0.1) is 33.9 Å². The van der Waals surface area contributed by atoms with Crippen LogP contribution in [-0.2, 0) is 35.6 Å². The van der Waals surface area contributed by atoms with E-state index < -0.39 is 0 Å². The zero-order chi connectivity index (χ0) is 34.2. The maximum atomic E-state index is 13.4. The topological polar surface area (TPSA) is 125 Å². The van der Waals surface area contributed by atoms with Crippen molar-refractivity contribution in [3.8, 4) is 28.7 Å². The summed E-state index contributed by atoms with van der Waals surface area (Å²) in [4.78, 5) is 28.4. The van der Waals surface area contributed by atoms with Crippen molar-refractivity contribution in [2.45, 2.75) is 51.0 Å². The van der Waals surface area contributed by atoms with Crippen LogP contribution < -0.4 is 34.3 Å². The molecule has 49 heavy (non-hydrogen) atoms. The number of carbonyl (C=O) groups is 2. The van der Waals surface area contributed by atoms with Crippen molar-refractivity contribution >= 4 is 11.8 Å². The van der Waals surface area contributed by atoms with E-state index in [1.165, 1.54) is 0 Å². The number of nitrogens with one attached hydrogen (secondary N) is 2. The first-order chi connectivity index (χ1) is 23.9. The van der Waals surface area contributed by atoms with Crippen LogP contribution in [0.2, 0.25) is 0 Å². The quantitative estimate of drug-likeness (QED) is 0.303. The molecule has 3 aromatic carbocycles. The lowest BCUT2D eigenvalue weighted by Gasteiger charge is -2.39. The van der Waals surface area contributed by atoms with E-state index in [0.29, 0.717) is 62.0 Å². The second-order valence-electron chi connectivity index (χ2n) is 12.2. The van der Waals surface area contributed by atoms with Gasteiger partial charge >= 0.3 is 0 Å². The lowest BCUT2D eigenvalue weighted by atomic mass is 10.00. The average Bonchev–Trinajstić information content (AvgIpc) is 3.63. The first-order valence-corrected chi connectivity index (χ1v) is 16.5. The normalized spacial score (nSPS) is 18.8. The highest BCUT2D eigenvalue weighted by molar-refractivity contribution is 5.78. The molecule has 0 saturated carbocycles. The predicted molar refractivity (Wildman–Crippen MR) is 182 cm³/mol. The highest BCUT2D eigenvalue weighted by Gasteiger charge is 2.33. The summed E-state index contributed by atoms with van der Waals surface area (Å²) in [6, 6.07) is 18.9. The third-order valence-electron chi connectivity index (χ3n) is 8.87. The van der Waals surface area contributed by atoms with Crippen molar-refractivity contribution in [2.75, 3.05) is 41.0 Å². The molecular formula is C37H43N5O7. The molecule has 12 nitrogen and oxygen atoms in total. The van der Waals surface area contributed by atoms with Gasteiger partial charge in [0, 0.05) is 62.2 Å². The zero-order valence-electron chi connectivity index (χ0n) is 28.1. The van der Waals surface area contributed by atoms with Gasteiger partial charge in [-0.25, -0.2) is 0 Å². The van der Waals surface area contributed by atoms with E-state index in [-0.39, 0.29) is 37.0 Å². The summed E-state index contributed by atoms with van der Waals surface area (Å²) in [5.74, 6) is 2.64. The van der Waals surface area contributed by atoms with Gasteiger partial charge in [0.1, 0.15) is 23.4 Å². The summed E-state index contributed by atoms with van der Waals surface area (Å²) in [7, 11) is 4.83. The van der Waals surface area contributed by atoms with Crippen molar-refractivity contribution in [1.29, 1.82) is 0 Å². The number of hydrogen-bond acceptors (Lipinski definition) is 9. The third-order valence-corrected chi connectivity index (χ3v) is 8.87. The third kappa shape index (κ3) is 8.63. The Labute approximate surface area is 286 Å². The molecule has 1 aromatic heterocycles. The highest BCUT2D eigenvalue weighted by atomic mass is 16.5. The van der Waals surface area contributed by atoms with Gasteiger partial charge < -0.3 is 34.3 Å². The number of carbonyl (C=O) groups excluding carboxylic acids is 2. The van der Waals surface area contributed by atoms with Crippen LogP contribution >= 0.6 is 0 Å². The predicted octanol–water partition coefficient (Wildman–Crippen LogP) is 3.74. The number of likely N-dealkylation sites (tertiary alicyclic amines) is 1. The van der Waals surface area contributed by atoms with Crippen LogP contribution in [0.4, 0.5) is 0 Å². The number of methoxy groups -OCH3 is 3. The van der Waals surface area contributed by atoms with E-state index in [1.807, 2.05) is 53.3 Å². The Balaban J connectivity index is 1.23. The largest absolute Gasteiger partial charge is 0.496 e. The summed E-state index contributed by atoms with van der Waals surface area (Å²) >= 11 is 0. The summed E-state index contributed by atoms with van der Waals surface area (Å²) in [5.41, 5.74) is 3.91. The maximum Gasteiger partial charge on any atom is 0.258 e. The molecule has 2 amide bonds. The average molecular weight is 670 g/mol. The Hall–Kier alpha value is -5.23.